The molecular weight excluding hydrogens is 354 g/mol. The average Bonchev–Trinajstić information content (AvgIpc) is 3.24. The fourth-order valence-corrected chi connectivity index (χ4v) is 4.68. The van der Waals surface area contributed by atoms with Crippen LogP contribution in [-0.2, 0) is 9.53 Å². The number of nitrogens with one attached hydrogen (secondary N) is 1. The zero-order valence-electron chi connectivity index (χ0n) is 16.5. The summed E-state index contributed by atoms with van der Waals surface area (Å²) in [5.41, 5.74) is 0.703. The lowest BCUT2D eigenvalue weighted by Gasteiger charge is -2.37. The summed E-state index contributed by atoms with van der Waals surface area (Å²) in [4.78, 5) is 29.6. The van der Waals surface area contributed by atoms with Crippen LogP contribution in [-0.4, -0.2) is 73.1 Å². The molecule has 6 heteroatoms. The van der Waals surface area contributed by atoms with Gasteiger partial charge in [0.15, 0.2) is 0 Å². The van der Waals surface area contributed by atoms with Gasteiger partial charge in [-0.3, -0.25) is 9.59 Å². The Morgan fingerprint density at radius 1 is 0.893 bits per heavy atom. The summed E-state index contributed by atoms with van der Waals surface area (Å²) in [6.07, 6.45) is 5.07. The molecule has 0 spiro atoms. The molecule has 0 radical (unpaired) electrons. The average molecular weight is 386 g/mol. The third-order valence-electron chi connectivity index (χ3n) is 6.27. The Hall–Kier alpha value is -1.92. The maximum absolute atomic E-state index is 13.1. The van der Waals surface area contributed by atoms with E-state index in [4.69, 9.17) is 4.74 Å². The van der Waals surface area contributed by atoms with Crippen molar-refractivity contribution in [2.75, 3.05) is 39.4 Å². The fraction of sp³-hybridized carbons (Fsp3) is 0.636. The van der Waals surface area contributed by atoms with E-state index in [0.29, 0.717) is 30.7 Å². The predicted molar refractivity (Wildman–Crippen MR) is 107 cm³/mol. The zero-order valence-corrected chi connectivity index (χ0v) is 16.5. The fourth-order valence-electron chi connectivity index (χ4n) is 4.68. The van der Waals surface area contributed by atoms with E-state index in [0.717, 1.165) is 58.4 Å². The molecule has 2 amide bonds. The third-order valence-corrected chi connectivity index (χ3v) is 6.27. The summed E-state index contributed by atoms with van der Waals surface area (Å²) < 4.78 is 5.44. The Labute approximate surface area is 167 Å². The van der Waals surface area contributed by atoms with Crippen molar-refractivity contribution >= 4 is 11.8 Å². The number of hydrogen-bond acceptors (Lipinski definition) is 4. The topological polar surface area (TPSA) is 61.9 Å². The monoisotopic (exact) mass is 385 g/mol. The summed E-state index contributed by atoms with van der Waals surface area (Å²) in [7, 11) is 0. The predicted octanol–water partition coefficient (Wildman–Crippen LogP) is 1.91. The smallest absolute Gasteiger partial charge is 0.253 e. The minimum Gasteiger partial charge on any atom is -0.381 e. The van der Waals surface area contributed by atoms with Crippen molar-refractivity contribution in [1.29, 1.82) is 0 Å². The highest BCUT2D eigenvalue weighted by Gasteiger charge is 2.35. The standard InChI is InChI=1S/C22H31N3O3/c26-21(17-5-2-1-3-6-17)25-12-8-18(15-25)22(27)24-11-4-7-20(16-24)23-19-9-13-28-14-10-19/h1-3,5-6,18-20,23H,4,7-16H2. The summed E-state index contributed by atoms with van der Waals surface area (Å²) in [6, 6.07) is 10.2. The second kappa shape index (κ2) is 9.05. The van der Waals surface area contributed by atoms with Crippen molar-refractivity contribution in [2.45, 2.75) is 44.2 Å². The number of piperidine rings is 1. The summed E-state index contributed by atoms with van der Waals surface area (Å²) in [5, 5.41) is 3.74. The molecule has 0 bridgehead atoms. The zero-order chi connectivity index (χ0) is 19.3. The molecule has 152 valence electrons. The molecule has 0 aliphatic carbocycles. The second-order valence-electron chi connectivity index (χ2n) is 8.28. The number of ether oxygens (including phenoxy) is 1. The Bertz CT molecular complexity index is 675. The van der Waals surface area contributed by atoms with Crippen molar-refractivity contribution in [3.63, 3.8) is 0 Å². The van der Waals surface area contributed by atoms with Gasteiger partial charge in [0.05, 0.1) is 5.92 Å². The van der Waals surface area contributed by atoms with E-state index < -0.39 is 0 Å². The number of carbonyl (C=O) groups excluding carboxylic acids is 2. The maximum Gasteiger partial charge on any atom is 0.253 e. The highest BCUT2D eigenvalue weighted by atomic mass is 16.5. The van der Waals surface area contributed by atoms with E-state index in [1.807, 2.05) is 40.1 Å². The Balaban J connectivity index is 1.29. The number of amides is 2. The van der Waals surface area contributed by atoms with Gasteiger partial charge in [-0.15, -0.1) is 0 Å². The second-order valence-corrected chi connectivity index (χ2v) is 8.28. The molecule has 6 nitrogen and oxygen atoms in total. The SMILES string of the molecule is O=C(c1ccccc1)N1CCC(C(=O)N2CCCC(NC3CCOCC3)C2)C1. The van der Waals surface area contributed by atoms with Crippen molar-refractivity contribution in [3.8, 4) is 0 Å². The molecule has 4 rings (SSSR count). The van der Waals surface area contributed by atoms with Crippen molar-refractivity contribution in [3.05, 3.63) is 35.9 Å². The first-order valence-corrected chi connectivity index (χ1v) is 10.7. The van der Waals surface area contributed by atoms with Gasteiger partial charge in [-0.05, 0) is 44.2 Å². The van der Waals surface area contributed by atoms with Crippen LogP contribution >= 0.6 is 0 Å². The molecular formula is C22H31N3O3. The third kappa shape index (κ3) is 4.55. The van der Waals surface area contributed by atoms with Crippen molar-refractivity contribution in [1.82, 2.24) is 15.1 Å². The van der Waals surface area contributed by atoms with Gasteiger partial charge < -0.3 is 19.9 Å². The minimum atomic E-state index is -0.0607. The van der Waals surface area contributed by atoms with Gasteiger partial charge in [0, 0.05) is 57.0 Å². The first kappa shape index (κ1) is 19.4. The summed E-state index contributed by atoms with van der Waals surface area (Å²) >= 11 is 0. The molecule has 28 heavy (non-hydrogen) atoms. The largest absolute Gasteiger partial charge is 0.381 e. The molecule has 3 heterocycles. The van der Waals surface area contributed by atoms with Crippen LogP contribution in [0.15, 0.2) is 30.3 Å². The molecule has 2 unspecified atom stereocenters. The Morgan fingerprint density at radius 3 is 2.46 bits per heavy atom. The van der Waals surface area contributed by atoms with Gasteiger partial charge in [0.1, 0.15) is 0 Å². The lowest BCUT2D eigenvalue weighted by molar-refractivity contribution is -0.136. The summed E-state index contributed by atoms with van der Waals surface area (Å²) in [6.45, 7) is 4.51. The number of hydrogen-bond donors (Lipinski definition) is 1. The lowest BCUT2D eigenvalue weighted by Crippen LogP contribution is -2.53. The quantitative estimate of drug-likeness (QED) is 0.860. The van der Waals surface area contributed by atoms with Crippen LogP contribution < -0.4 is 5.32 Å². The van der Waals surface area contributed by atoms with Gasteiger partial charge in [0.25, 0.3) is 5.91 Å². The molecule has 1 aromatic carbocycles. The van der Waals surface area contributed by atoms with Crippen LogP contribution in [0.5, 0.6) is 0 Å². The van der Waals surface area contributed by atoms with Crippen LogP contribution in [0.1, 0.15) is 42.5 Å². The van der Waals surface area contributed by atoms with Gasteiger partial charge in [-0.2, -0.15) is 0 Å². The van der Waals surface area contributed by atoms with Gasteiger partial charge >= 0.3 is 0 Å². The number of nitrogens with zero attached hydrogens (tertiary/aromatic N) is 2. The maximum atomic E-state index is 13.1. The molecule has 2 atom stereocenters. The number of likely N-dealkylation sites (tertiary alicyclic amines) is 2. The first-order chi connectivity index (χ1) is 13.7. The molecule has 3 aliphatic rings. The van der Waals surface area contributed by atoms with Crippen LogP contribution in [0.4, 0.5) is 0 Å². The Kier molecular flexibility index (Phi) is 6.27. The van der Waals surface area contributed by atoms with E-state index in [1.165, 1.54) is 0 Å². The lowest BCUT2D eigenvalue weighted by atomic mass is 9.99. The van der Waals surface area contributed by atoms with Crippen LogP contribution in [0.3, 0.4) is 0 Å². The molecule has 1 aromatic rings. The van der Waals surface area contributed by atoms with E-state index in [-0.39, 0.29) is 17.7 Å². The molecule has 3 fully saturated rings. The van der Waals surface area contributed by atoms with E-state index in [9.17, 15) is 9.59 Å². The Morgan fingerprint density at radius 2 is 1.68 bits per heavy atom. The van der Waals surface area contributed by atoms with Crippen LogP contribution in [0.25, 0.3) is 0 Å². The number of carbonyl (C=O) groups is 2. The van der Waals surface area contributed by atoms with Gasteiger partial charge in [-0.1, -0.05) is 18.2 Å². The van der Waals surface area contributed by atoms with Crippen LogP contribution in [0, 0.1) is 5.92 Å². The van der Waals surface area contributed by atoms with E-state index >= 15 is 0 Å². The molecule has 0 saturated carbocycles. The molecule has 0 aromatic heterocycles. The van der Waals surface area contributed by atoms with E-state index in [1.54, 1.807) is 0 Å². The molecule has 1 N–H and O–H groups in total. The molecule has 3 saturated heterocycles. The highest BCUT2D eigenvalue weighted by molar-refractivity contribution is 5.95. The van der Waals surface area contributed by atoms with E-state index in [2.05, 4.69) is 5.32 Å². The highest BCUT2D eigenvalue weighted by Crippen LogP contribution is 2.23. The summed E-state index contributed by atoms with van der Waals surface area (Å²) in [5.74, 6) is 0.199. The van der Waals surface area contributed by atoms with Crippen molar-refractivity contribution in [2.24, 2.45) is 5.92 Å². The number of benzene rings is 1. The molecule has 3 aliphatic heterocycles. The van der Waals surface area contributed by atoms with Crippen molar-refractivity contribution < 1.29 is 14.3 Å². The van der Waals surface area contributed by atoms with Gasteiger partial charge in [-0.25, -0.2) is 0 Å². The first-order valence-electron chi connectivity index (χ1n) is 10.7. The minimum absolute atomic E-state index is 0.0357. The van der Waals surface area contributed by atoms with Crippen LogP contribution in [0.2, 0.25) is 0 Å². The van der Waals surface area contributed by atoms with Gasteiger partial charge in [0.2, 0.25) is 5.91 Å². The number of rotatable bonds is 4. The normalized spacial score (nSPS) is 26.4.